The van der Waals surface area contributed by atoms with E-state index in [4.69, 9.17) is 5.73 Å². The van der Waals surface area contributed by atoms with E-state index >= 15 is 0 Å². The normalized spacial score (nSPS) is 15.0. The maximum atomic E-state index is 10.0. The van der Waals surface area contributed by atoms with Gasteiger partial charge in [0.15, 0.2) is 0 Å². The first-order chi connectivity index (χ1) is 13.1. The van der Waals surface area contributed by atoms with Crippen LogP contribution in [0.2, 0.25) is 0 Å². The highest BCUT2D eigenvalue weighted by molar-refractivity contribution is 5.40. The van der Waals surface area contributed by atoms with Crippen LogP contribution in [0.4, 0.5) is 0 Å². The lowest BCUT2D eigenvalue weighted by Gasteiger charge is -2.24. The number of hydrogen-bond donors (Lipinski definition) is 3. The first kappa shape index (κ1) is 22.3. The summed E-state index contributed by atoms with van der Waals surface area (Å²) >= 11 is 0. The lowest BCUT2D eigenvalue weighted by atomic mass is 9.84. The van der Waals surface area contributed by atoms with Gasteiger partial charge in [0.2, 0.25) is 0 Å². The van der Waals surface area contributed by atoms with Crippen LogP contribution in [-0.2, 0) is 6.42 Å². The van der Waals surface area contributed by atoms with Gasteiger partial charge in [-0.1, -0.05) is 65.8 Å². The molecule has 2 aromatic rings. The summed E-state index contributed by atoms with van der Waals surface area (Å²) in [4.78, 5) is 0. The van der Waals surface area contributed by atoms with Crippen LogP contribution in [0.1, 0.15) is 81.7 Å². The third-order valence-electron chi connectivity index (χ3n) is 5.53. The first-order valence-corrected chi connectivity index (χ1v) is 10.3. The molecule has 3 nitrogen and oxygen atoms in total. The van der Waals surface area contributed by atoms with E-state index in [-0.39, 0.29) is 17.9 Å². The molecule has 0 fully saturated rings. The molecule has 2 aromatic carbocycles. The quantitative estimate of drug-likeness (QED) is 0.519. The zero-order valence-corrected chi connectivity index (χ0v) is 18.1. The topological polar surface area (TPSA) is 66.5 Å². The Balaban J connectivity index is 2.05. The number of phenolic OH excluding ortho intramolecular Hbond substituents is 2. The summed E-state index contributed by atoms with van der Waals surface area (Å²) in [5.74, 6) is 1.85. The molecule has 3 atom stereocenters. The second-order valence-corrected chi connectivity index (χ2v) is 8.78. The van der Waals surface area contributed by atoms with Gasteiger partial charge in [0.05, 0.1) is 0 Å². The minimum atomic E-state index is -0.105. The standard InChI is InChI=1S/C25H36NO2/c1-15(2)21-13-19(7-9-23(21)27)12-17(5)11-18(6)25(26)20-8-10-24(28)22(14-20)16(3)4/h7-11,13-18,25,27-28H,12,26H2,1-6H3. The molecular weight excluding hydrogens is 346 g/mol. The van der Waals surface area contributed by atoms with Crippen molar-refractivity contribution in [3.05, 3.63) is 65.1 Å². The van der Waals surface area contributed by atoms with Crippen LogP contribution in [0.5, 0.6) is 11.5 Å². The fraction of sp³-hybridized carbons (Fsp3) is 0.480. The van der Waals surface area contributed by atoms with E-state index in [0.717, 1.165) is 23.1 Å². The van der Waals surface area contributed by atoms with Crippen molar-refractivity contribution in [3.63, 3.8) is 0 Å². The molecular formula is C25H36NO2. The van der Waals surface area contributed by atoms with Crippen LogP contribution in [0.25, 0.3) is 0 Å². The minimum Gasteiger partial charge on any atom is -0.508 e. The molecule has 0 saturated heterocycles. The highest BCUT2D eigenvalue weighted by Crippen LogP contribution is 2.32. The van der Waals surface area contributed by atoms with Gasteiger partial charge in [-0.2, -0.15) is 0 Å². The molecule has 0 aromatic heterocycles. The third kappa shape index (κ3) is 5.51. The Labute approximate surface area is 170 Å². The Morgan fingerprint density at radius 1 is 0.821 bits per heavy atom. The van der Waals surface area contributed by atoms with E-state index in [2.05, 4.69) is 54.0 Å². The fourth-order valence-corrected chi connectivity index (χ4v) is 3.82. The van der Waals surface area contributed by atoms with Gasteiger partial charge in [0.25, 0.3) is 0 Å². The van der Waals surface area contributed by atoms with Crippen molar-refractivity contribution in [3.8, 4) is 11.5 Å². The van der Waals surface area contributed by atoms with E-state index in [1.54, 1.807) is 12.1 Å². The van der Waals surface area contributed by atoms with Crippen molar-refractivity contribution in [2.45, 2.75) is 65.8 Å². The molecule has 0 spiro atoms. The molecule has 0 aliphatic rings. The molecule has 153 valence electrons. The number of phenols is 2. The molecule has 0 amide bonds. The van der Waals surface area contributed by atoms with E-state index in [1.807, 2.05) is 18.2 Å². The zero-order chi connectivity index (χ0) is 21.0. The van der Waals surface area contributed by atoms with Crippen LogP contribution < -0.4 is 5.73 Å². The molecule has 0 aliphatic heterocycles. The molecule has 3 heteroatoms. The Kier molecular flexibility index (Phi) is 7.54. The number of nitrogens with two attached hydrogens (primary N) is 1. The number of hydrogen-bond acceptors (Lipinski definition) is 3. The van der Waals surface area contributed by atoms with E-state index < -0.39 is 0 Å². The fourth-order valence-electron chi connectivity index (χ4n) is 3.82. The van der Waals surface area contributed by atoms with Crippen LogP contribution in [0, 0.1) is 18.3 Å². The molecule has 3 unspecified atom stereocenters. The monoisotopic (exact) mass is 382 g/mol. The lowest BCUT2D eigenvalue weighted by molar-refractivity contribution is 0.455. The Hall–Kier alpha value is -2.00. The predicted molar refractivity (Wildman–Crippen MR) is 118 cm³/mol. The molecule has 28 heavy (non-hydrogen) atoms. The van der Waals surface area contributed by atoms with Crippen LogP contribution in [-0.4, -0.2) is 10.2 Å². The average molecular weight is 383 g/mol. The number of aromatic hydroxyl groups is 2. The van der Waals surface area contributed by atoms with E-state index in [9.17, 15) is 10.2 Å². The summed E-state index contributed by atoms with van der Waals surface area (Å²) in [5, 5.41) is 20.1. The van der Waals surface area contributed by atoms with Crippen molar-refractivity contribution in [2.75, 3.05) is 0 Å². The van der Waals surface area contributed by atoms with E-state index in [1.165, 1.54) is 5.56 Å². The van der Waals surface area contributed by atoms with Crippen molar-refractivity contribution >= 4 is 0 Å². The summed E-state index contributed by atoms with van der Waals surface area (Å²) in [5.41, 5.74) is 10.8. The van der Waals surface area contributed by atoms with Crippen molar-refractivity contribution in [2.24, 2.45) is 17.6 Å². The summed E-state index contributed by atoms with van der Waals surface area (Å²) in [6.45, 7) is 12.7. The van der Waals surface area contributed by atoms with Gasteiger partial charge in [-0.05, 0) is 70.9 Å². The molecule has 2 rings (SSSR count). The van der Waals surface area contributed by atoms with E-state index in [0.29, 0.717) is 23.3 Å². The van der Waals surface area contributed by atoms with Crippen LogP contribution in [0.15, 0.2) is 36.4 Å². The molecule has 0 aliphatic carbocycles. The zero-order valence-electron chi connectivity index (χ0n) is 18.1. The van der Waals surface area contributed by atoms with Gasteiger partial charge in [0.1, 0.15) is 11.5 Å². The second kappa shape index (κ2) is 9.47. The summed E-state index contributed by atoms with van der Waals surface area (Å²) < 4.78 is 0. The lowest BCUT2D eigenvalue weighted by Crippen LogP contribution is -2.22. The maximum Gasteiger partial charge on any atom is 0.119 e. The Bertz CT molecular complexity index is 782. The summed E-state index contributed by atoms with van der Waals surface area (Å²) in [7, 11) is 0. The van der Waals surface area contributed by atoms with Gasteiger partial charge in [-0.25, -0.2) is 0 Å². The van der Waals surface area contributed by atoms with Crippen molar-refractivity contribution < 1.29 is 10.2 Å². The maximum absolute atomic E-state index is 10.0. The first-order valence-electron chi connectivity index (χ1n) is 10.3. The van der Waals surface area contributed by atoms with Gasteiger partial charge < -0.3 is 15.9 Å². The van der Waals surface area contributed by atoms with Gasteiger partial charge in [-0.3, -0.25) is 0 Å². The van der Waals surface area contributed by atoms with Gasteiger partial charge in [-0.15, -0.1) is 0 Å². The molecule has 0 heterocycles. The average Bonchev–Trinajstić information content (AvgIpc) is 2.62. The third-order valence-corrected chi connectivity index (χ3v) is 5.53. The predicted octanol–water partition coefficient (Wildman–Crippen LogP) is 6.06. The number of benzene rings is 2. The Morgan fingerprint density at radius 2 is 1.36 bits per heavy atom. The number of rotatable bonds is 8. The highest BCUT2D eigenvalue weighted by Gasteiger charge is 2.20. The molecule has 1 radical (unpaired) electrons. The van der Waals surface area contributed by atoms with Crippen LogP contribution >= 0.6 is 0 Å². The Morgan fingerprint density at radius 3 is 1.93 bits per heavy atom. The second-order valence-electron chi connectivity index (χ2n) is 8.78. The SMILES string of the molecule is CC([CH]C(C)C(N)c1ccc(O)c(C(C)C)c1)Cc1ccc(O)c(C(C)C)c1. The summed E-state index contributed by atoms with van der Waals surface area (Å²) in [6.07, 6.45) is 3.23. The molecule has 0 saturated carbocycles. The highest BCUT2D eigenvalue weighted by atomic mass is 16.3. The van der Waals surface area contributed by atoms with Crippen molar-refractivity contribution in [1.29, 1.82) is 0 Å². The largest absolute Gasteiger partial charge is 0.508 e. The van der Waals surface area contributed by atoms with Crippen LogP contribution in [0.3, 0.4) is 0 Å². The molecule has 4 N–H and O–H groups in total. The van der Waals surface area contributed by atoms with Crippen molar-refractivity contribution in [1.82, 2.24) is 0 Å². The smallest absolute Gasteiger partial charge is 0.119 e. The van der Waals surface area contributed by atoms with Gasteiger partial charge in [0, 0.05) is 6.04 Å². The summed E-state index contributed by atoms with van der Waals surface area (Å²) in [6, 6.07) is 11.5. The molecule has 0 bridgehead atoms. The van der Waals surface area contributed by atoms with Gasteiger partial charge >= 0.3 is 0 Å². The minimum absolute atomic E-state index is 0.105.